The minimum absolute atomic E-state index is 0.493. The van der Waals surface area contributed by atoms with Crippen molar-refractivity contribution < 1.29 is 4.74 Å². The molecule has 1 N–H and O–H groups in total. The summed E-state index contributed by atoms with van der Waals surface area (Å²) in [4.78, 5) is 0. The molecule has 1 unspecified atom stereocenters. The van der Waals surface area contributed by atoms with Crippen LogP contribution in [0.15, 0.2) is 0 Å². The summed E-state index contributed by atoms with van der Waals surface area (Å²) < 4.78 is 5.72. The van der Waals surface area contributed by atoms with E-state index in [0.717, 1.165) is 13.2 Å². The molecule has 2 fully saturated rings. The van der Waals surface area contributed by atoms with Crippen molar-refractivity contribution in [3.63, 3.8) is 0 Å². The van der Waals surface area contributed by atoms with E-state index in [9.17, 15) is 0 Å². The van der Waals surface area contributed by atoms with Gasteiger partial charge in [0.2, 0.25) is 0 Å². The molecule has 2 aliphatic rings. The third-order valence-corrected chi connectivity index (χ3v) is 4.31. The highest BCUT2D eigenvalue weighted by Crippen LogP contribution is 2.42. The molecule has 88 valence electrons. The maximum absolute atomic E-state index is 5.72. The summed E-state index contributed by atoms with van der Waals surface area (Å²) in [5.74, 6) is 0. The van der Waals surface area contributed by atoms with Crippen LogP contribution in [0, 0.1) is 5.41 Å². The number of nitrogens with one attached hydrogen (secondary N) is 1. The van der Waals surface area contributed by atoms with Crippen LogP contribution in [0.3, 0.4) is 0 Å². The predicted octanol–water partition coefficient (Wildman–Crippen LogP) is 2.73. The zero-order valence-corrected chi connectivity index (χ0v) is 10.1. The van der Waals surface area contributed by atoms with Gasteiger partial charge in [0.15, 0.2) is 0 Å². The molecule has 15 heavy (non-hydrogen) atoms. The zero-order valence-electron chi connectivity index (χ0n) is 10.1. The van der Waals surface area contributed by atoms with Gasteiger partial charge in [0.25, 0.3) is 0 Å². The van der Waals surface area contributed by atoms with Crippen LogP contribution in [0.1, 0.15) is 51.9 Å². The first-order chi connectivity index (χ1) is 7.35. The fraction of sp³-hybridized carbons (Fsp3) is 1.00. The Bertz CT molecular complexity index is 177. The lowest BCUT2D eigenvalue weighted by Crippen LogP contribution is -2.42. The molecule has 0 radical (unpaired) electrons. The van der Waals surface area contributed by atoms with Crippen LogP contribution in [0.25, 0.3) is 0 Å². The Labute approximate surface area is 93.8 Å². The minimum Gasteiger partial charge on any atom is -0.377 e. The van der Waals surface area contributed by atoms with Gasteiger partial charge >= 0.3 is 0 Å². The second kappa shape index (κ2) is 5.31. The largest absolute Gasteiger partial charge is 0.377 e. The van der Waals surface area contributed by atoms with Crippen LogP contribution in [-0.4, -0.2) is 25.8 Å². The molecule has 2 rings (SSSR count). The Balaban J connectivity index is 1.61. The molecule has 0 amide bonds. The van der Waals surface area contributed by atoms with Crippen LogP contribution in [-0.2, 0) is 4.74 Å². The number of rotatable bonds is 5. The van der Waals surface area contributed by atoms with Crippen LogP contribution in [0.2, 0.25) is 0 Å². The van der Waals surface area contributed by atoms with Crippen molar-refractivity contribution in [1.82, 2.24) is 5.32 Å². The molecular formula is C13H25NO. The Kier molecular flexibility index (Phi) is 4.04. The Morgan fingerprint density at radius 2 is 2.13 bits per heavy atom. The van der Waals surface area contributed by atoms with E-state index in [1.165, 1.54) is 51.5 Å². The van der Waals surface area contributed by atoms with Gasteiger partial charge < -0.3 is 10.1 Å². The van der Waals surface area contributed by atoms with Gasteiger partial charge in [-0.05, 0) is 43.9 Å². The van der Waals surface area contributed by atoms with E-state index in [1.54, 1.807) is 0 Å². The van der Waals surface area contributed by atoms with E-state index in [0.29, 0.717) is 11.5 Å². The smallest absolute Gasteiger partial charge is 0.0699 e. The normalized spacial score (nSPS) is 29.8. The fourth-order valence-corrected chi connectivity index (χ4v) is 2.80. The van der Waals surface area contributed by atoms with Crippen molar-refractivity contribution in [2.45, 2.75) is 58.0 Å². The lowest BCUT2D eigenvalue weighted by molar-refractivity contribution is 0.0128. The Morgan fingerprint density at radius 1 is 1.27 bits per heavy atom. The Hall–Kier alpha value is -0.0800. The molecule has 1 atom stereocenters. The summed E-state index contributed by atoms with van der Waals surface area (Å²) in [6.45, 7) is 5.59. The minimum atomic E-state index is 0.493. The van der Waals surface area contributed by atoms with Gasteiger partial charge in [-0.25, -0.2) is 0 Å². The van der Waals surface area contributed by atoms with E-state index < -0.39 is 0 Å². The van der Waals surface area contributed by atoms with Crippen LogP contribution < -0.4 is 5.32 Å². The van der Waals surface area contributed by atoms with Gasteiger partial charge in [-0.3, -0.25) is 0 Å². The average Bonchev–Trinajstić information content (AvgIpc) is 2.24. The highest BCUT2D eigenvalue weighted by atomic mass is 16.5. The van der Waals surface area contributed by atoms with Gasteiger partial charge in [-0.2, -0.15) is 0 Å². The Morgan fingerprint density at radius 3 is 2.67 bits per heavy atom. The zero-order chi connectivity index (χ0) is 10.6. The molecular weight excluding hydrogens is 186 g/mol. The standard InChI is InChI=1S/C13H25NO/c1-2-13(7-5-8-13)11-14-10-12-6-3-4-9-15-12/h12,14H,2-11H2,1H3. The van der Waals surface area contributed by atoms with Gasteiger partial charge in [-0.15, -0.1) is 0 Å². The average molecular weight is 211 g/mol. The summed E-state index contributed by atoms with van der Waals surface area (Å²) in [7, 11) is 0. The summed E-state index contributed by atoms with van der Waals surface area (Å²) >= 11 is 0. The third-order valence-electron chi connectivity index (χ3n) is 4.31. The lowest BCUT2D eigenvalue weighted by Gasteiger charge is -2.42. The van der Waals surface area contributed by atoms with E-state index >= 15 is 0 Å². The van der Waals surface area contributed by atoms with Crippen molar-refractivity contribution in [1.29, 1.82) is 0 Å². The number of ether oxygens (including phenoxy) is 1. The molecule has 1 aliphatic carbocycles. The second-order valence-corrected chi connectivity index (χ2v) is 5.33. The topological polar surface area (TPSA) is 21.3 Å². The van der Waals surface area contributed by atoms with Crippen LogP contribution in [0.5, 0.6) is 0 Å². The summed E-state index contributed by atoms with van der Waals surface area (Å²) in [5.41, 5.74) is 0.647. The maximum Gasteiger partial charge on any atom is 0.0699 e. The molecule has 1 aliphatic heterocycles. The number of hydrogen-bond donors (Lipinski definition) is 1. The molecule has 0 spiro atoms. The molecule has 1 saturated carbocycles. The van der Waals surface area contributed by atoms with Gasteiger partial charge in [-0.1, -0.05) is 13.3 Å². The highest BCUT2D eigenvalue weighted by Gasteiger charge is 2.34. The fourth-order valence-electron chi connectivity index (χ4n) is 2.80. The van der Waals surface area contributed by atoms with E-state index in [2.05, 4.69) is 12.2 Å². The van der Waals surface area contributed by atoms with E-state index in [1.807, 2.05) is 0 Å². The predicted molar refractivity (Wildman–Crippen MR) is 63.0 cm³/mol. The first kappa shape index (κ1) is 11.4. The van der Waals surface area contributed by atoms with Gasteiger partial charge in [0.1, 0.15) is 0 Å². The van der Waals surface area contributed by atoms with Crippen molar-refractivity contribution >= 4 is 0 Å². The summed E-state index contributed by atoms with van der Waals surface area (Å²) in [6.07, 6.45) is 10.0. The van der Waals surface area contributed by atoms with E-state index in [-0.39, 0.29) is 0 Å². The quantitative estimate of drug-likeness (QED) is 0.755. The molecule has 1 saturated heterocycles. The summed E-state index contributed by atoms with van der Waals surface area (Å²) in [6, 6.07) is 0. The summed E-state index contributed by atoms with van der Waals surface area (Å²) in [5, 5.41) is 3.62. The van der Waals surface area contributed by atoms with Crippen LogP contribution >= 0.6 is 0 Å². The van der Waals surface area contributed by atoms with E-state index in [4.69, 9.17) is 4.74 Å². The van der Waals surface area contributed by atoms with Crippen molar-refractivity contribution in [3.05, 3.63) is 0 Å². The molecule has 0 aromatic carbocycles. The first-order valence-corrected chi connectivity index (χ1v) is 6.67. The molecule has 1 heterocycles. The molecule has 0 aromatic rings. The van der Waals surface area contributed by atoms with Crippen molar-refractivity contribution in [2.75, 3.05) is 19.7 Å². The van der Waals surface area contributed by atoms with Gasteiger partial charge in [0, 0.05) is 19.7 Å². The third kappa shape index (κ3) is 2.94. The maximum atomic E-state index is 5.72. The number of hydrogen-bond acceptors (Lipinski definition) is 2. The molecule has 2 heteroatoms. The van der Waals surface area contributed by atoms with Crippen LogP contribution in [0.4, 0.5) is 0 Å². The van der Waals surface area contributed by atoms with Gasteiger partial charge in [0.05, 0.1) is 6.10 Å². The van der Waals surface area contributed by atoms with Crippen molar-refractivity contribution in [3.8, 4) is 0 Å². The second-order valence-electron chi connectivity index (χ2n) is 5.33. The SMILES string of the molecule is CCC1(CNCC2CCCCO2)CCC1. The molecule has 0 bridgehead atoms. The van der Waals surface area contributed by atoms with Crippen molar-refractivity contribution in [2.24, 2.45) is 5.41 Å². The first-order valence-electron chi connectivity index (χ1n) is 6.67. The highest BCUT2D eigenvalue weighted by molar-refractivity contribution is 4.88. The molecule has 2 nitrogen and oxygen atoms in total. The molecule has 0 aromatic heterocycles. The monoisotopic (exact) mass is 211 g/mol. The lowest BCUT2D eigenvalue weighted by atomic mass is 9.67.